The summed E-state index contributed by atoms with van der Waals surface area (Å²) >= 11 is 5.99. The van der Waals surface area contributed by atoms with E-state index in [1.165, 1.54) is 6.07 Å². The zero-order valence-corrected chi connectivity index (χ0v) is 26.4. The zero-order valence-electron chi connectivity index (χ0n) is 25.7. The quantitative estimate of drug-likeness (QED) is 0.204. The Morgan fingerprint density at radius 2 is 1.86 bits per heavy atom. The molecule has 44 heavy (non-hydrogen) atoms. The van der Waals surface area contributed by atoms with Crippen LogP contribution in [0.1, 0.15) is 73.1 Å². The number of halogens is 2. The molecule has 2 fully saturated rings. The van der Waals surface area contributed by atoms with E-state index in [4.69, 9.17) is 40.2 Å². The summed E-state index contributed by atoms with van der Waals surface area (Å²) in [7, 11) is 0. The van der Waals surface area contributed by atoms with Crippen molar-refractivity contribution in [1.82, 2.24) is 19.4 Å². The molecule has 10 heteroatoms. The second kappa shape index (κ2) is 11.5. The average molecular weight is 621 g/mol. The van der Waals surface area contributed by atoms with Crippen molar-refractivity contribution in [3.8, 4) is 23.1 Å². The summed E-state index contributed by atoms with van der Waals surface area (Å²) in [4.78, 5) is 12.3. The number of oxazole rings is 1. The van der Waals surface area contributed by atoms with E-state index < -0.39 is 11.6 Å². The van der Waals surface area contributed by atoms with Crippen molar-refractivity contribution in [2.45, 2.75) is 84.3 Å². The van der Waals surface area contributed by atoms with E-state index in [2.05, 4.69) is 29.4 Å². The van der Waals surface area contributed by atoms with Gasteiger partial charge in [-0.3, -0.25) is 4.90 Å². The molecule has 8 nitrogen and oxygen atoms in total. The maximum atomic E-state index is 14.9. The minimum absolute atomic E-state index is 0.215. The Labute approximate surface area is 262 Å². The van der Waals surface area contributed by atoms with Crippen molar-refractivity contribution in [2.75, 3.05) is 19.7 Å². The average Bonchev–Trinajstić information content (AvgIpc) is 3.63. The van der Waals surface area contributed by atoms with Crippen LogP contribution in [0, 0.1) is 19.7 Å². The lowest BCUT2D eigenvalue weighted by Crippen LogP contribution is -2.35. The molecule has 0 amide bonds. The molecule has 2 saturated heterocycles. The van der Waals surface area contributed by atoms with E-state index in [1.54, 1.807) is 19.1 Å². The van der Waals surface area contributed by atoms with Gasteiger partial charge in [-0.2, -0.15) is 0 Å². The second-order valence-corrected chi connectivity index (χ2v) is 12.7. The van der Waals surface area contributed by atoms with Crippen molar-refractivity contribution < 1.29 is 23.0 Å². The molecule has 0 radical (unpaired) electrons. The van der Waals surface area contributed by atoms with Crippen molar-refractivity contribution in [3.05, 3.63) is 81.3 Å². The summed E-state index contributed by atoms with van der Waals surface area (Å²) in [5.74, 6) is 2.38. The van der Waals surface area contributed by atoms with Crippen LogP contribution in [0.25, 0.3) is 11.6 Å². The fourth-order valence-electron chi connectivity index (χ4n) is 6.69. The van der Waals surface area contributed by atoms with E-state index in [-0.39, 0.29) is 6.10 Å². The van der Waals surface area contributed by atoms with Crippen LogP contribution in [-0.2, 0) is 30.0 Å². The number of ether oxygens (including phenoxy) is 3. The van der Waals surface area contributed by atoms with E-state index in [1.807, 2.05) is 19.1 Å². The summed E-state index contributed by atoms with van der Waals surface area (Å²) in [5, 5.41) is 0.335. The Balaban J connectivity index is 1.08. The molecular formula is C34H38ClFN4O4. The lowest BCUT2D eigenvalue weighted by molar-refractivity contribution is -0.0712. The van der Waals surface area contributed by atoms with Crippen LogP contribution in [-0.4, -0.2) is 45.2 Å². The fourth-order valence-corrected chi connectivity index (χ4v) is 6.84. The molecule has 2 aromatic heterocycles. The number of aromatic nitrogens is 3. The van der Waals surface area contributed by atoms with Gasteiger partial charge >= 0.3 is 0 Å². The molecule has 0 bridgehead atoms. The van der Waals surface area contributed by atoms with Crippen LogP contribution in [0.3, 0.4) is 0 Å². The topological polar surface area (TPSA) is 74.8 Å². The predicted octanol–water partition coefficient (Wildman–Crippen LogP) is 7.32. The van der Waals surface area contributed by atoms with Gasteiger partial charge < -0.3 is 23.2 Å². The van der Waals surface area contributed by atoms with Gasteiger partial charge in [0, 0.05) is 29.8 Å². The third-order valence-electron chi connectivity index (χ3n) is 9.33. The van der Waals surface area contributed by atoms with Crippen LogP contribution < -0.4 is 9.47 Å². The molecule has 0 aliphatic carbocycles. The SMILES string of the molecule is CCc1nc(-c2nc(CN3CCC(c4cccc5c4O[C@@](C)(c4ccc(Cl)cc4F)O5)CC3)n(C[C@@H]3CCO3)c2C)oc1C. The van der Waals surface area contributed by atoms with Gasteiger partial charge in [-0.1, -0.05) is 30.7 Å². The van der Waals surface area contributed by atoms with Crippen molar-refractivity contribution in [2.24, 2.45) is 0 Å². The molecular weight excluding hydrogens is 583 g/mol. The lowest BCUT2D eigenvalue weighted by Gasteiger charge is -2.33. The Kier molecular flexibility index (Phi) is 7.67. The first kappa shape index (κ1) is 29.3. The van der Waals surface area contributed by atoms with Crippen LogP contribution in [0.15, 0.2) is 40.8 Å². The number of nitrogens with zero attached hydrogens (tertiary/aromatic N) is 4. The fraction of sp³-hybridized carbons (Fsp3) is 0.471. The van der Waals surface area contributed by atoms with Crippen LogP contribution in [0.5, 0.6) is 11.5 Å². The molecule has 5 heterocycles. The molecule has 0 spiro atoms. The second-order valence-electron chi connectivity index (χ2n) is 12.2. The molecule has 2 aromatic carbocycles. The van der Waals surface area contributed by atoms with Gasteiger partial charge in [-0.15, -0.1) is 0 Å². The predicted molar refractivity (Wildman–Crippen MR) is 165 cm³/mol. The number of para-hydroxylation sites is 1. The molecule has 7 rings (SSSR count). The molecule has 3 aliphatic heterocycles. The number of piperidine rings is 1. The molecule has 3 aliphatic rings. The number of hydrogen-bond donors (Lipinski definition) is 0. The first-order chi connectivity index (χ1) is 21.2. The number of hydrogen-bond acceptors (Lipinski definition) is 7. The first-order valence-corrected chi connectivity index (χ1v) is 15.9. The number of likely N-dealkylation sites (tertiary alicyclic amines) is 1. The molecule has 0 unspecified atom stereocenters. The normalized spacial score (nSPS) is 22.0. The van der Waals surface area contributed by atoms with Crippen molar-refractivity contribution in [1.29, 1.82) is 0 Å². The smallest absolute Gasteiger partial charge is 0.278 e. The Hall–Kier alpha value is -3.40. The molecule has 0 saturated carbocycles. The van der Waals surface area contributed by atoms with Crippen molar-refractivity contribution in [3.63, 3.8) is 0 Å². The Morgan fingerprint density at radius 3 is 2.55 bits per heavy atom. The number of imidazole rings is 1. The van der Waals surface area contributed by atoms with Crippen LogP contribution >= 0.6 is 11.6 Å². The van der Waals surface area contributed by atoms with Gasteiger partial charge in [-0.05, 0) is 82.8 Å². The highest BCUT2D eigenvalue weighted by Crippen LogP contribution is 2.50. The maximum Gasteiger partial charge on any atom is 0.278 e. The largest absolute Gasteiger partial charge is 0.444 e. The summed E-state index contributed by atoms with van der Waals surface area (Å²) in [6.45, 7) is 12.1. The third kappa shape index (κ3) is 5.29. The third-order valence-corrected chi connectivity index (χ3v) is 9.57. The highest BCUT2D eigenvalue weighted by Gasteiger charge is 2.43. The van der Waals surface area contributed by atoms with Gasteiger partial charge in [0.15, 0.2) is 11.5 Å². The zero-order chi connectivity index (χ0) is 30.6. The van der Waals surface area contributed by atoms with Crippen LogP contribution in [0.2, 0.25) is 5.02 Å². The molecule has 2 atom stereocenters. The van der Waals surface area contributed by atoms with Crippen LogP contribution in [0.4, 0.5) is 4.39 Å². The van der Waals surface area contributed by atoms with Gasteiger partial charge in [0.25, 0.3) is 5.79 Å². The lowest BCUT2D eigenvalue weighted by atomic mass is 9.88. The molecule has 232 valence electrons. The summed E-state index contributed by atoms with van der Waals surface area (Å²) in [5.41, 5.74) is 4.27. The van der Waals surface area contributed by atoms with E-state index >= 15 is 0 Å². The summed E-state index contributed by atoms with van der Waals surface area (Å²) in [6, 6.07) is 10.6. The summed E-state index contributed by atoms with van der Waals surface area (Å²) in [6.07, 6.45) is 4.02. The standard InChI is InChI=1S/C34H38ClFN4O4/c1-5-28-21(3)42-33(37-28)31-20(2)40(18-24-13-16-41-24)30(38-31)19-39-14-11-22(12-15-39)25-7-6-8-29-32(25)44-34(4,43-29)26-10-9-23(35)17-27(26)36/h6-10,17,22,24H,5,11-16,18-19H2,1-4H3/t24-,34-/m0/s1. The van der Waals surface area contributed by atoms with E-state index in [0.29, 0.717) is 33.9 Å². The van der Waals surface area contributed by atoms with Gasteiger partial charge in [-0.25, -0.2) is 14.4 Å². The number of rotatable bonds is 8. The number of aryl methyl sites for hydroxylation is 2. The van der Waals surface area contributed by atoms with Gasteiger partial charge in [0.05, 0.1) is 30.5 Å². The Bertz CT molecular complexity index is 1690. The van der Waals surface area contributed by atoms with E-state index in [0.717, 1.165) is 92.7 Å². The summed E-state index contributed by atoms with van der Waals surface area (Å²) < 4.78 is 41.6. The van der Waals surface area contributed by atoms with Crippen molar-refractivity contribution >= 4 is 11.6 Å². The highest BCUT2D eigenvalue weighted by molar-refractivity contribution is 6.30. The monoisotopic (exact) mass is 620 g/mol. The maximum absolute atomic E-state index is 14.9. The first-order valence-electron chi connectivity index (χ1n) is 15.6. The molecule has 4 aromatic rings. The van der Waals surface area contributed by atoms with Gasteiger partial charge in [0.2, 0.25) is 5.89 Å². The van der Waals surface area contributed by atoms with E-state index in [9.17, 15) is 4.39 Å². The Morgan fingerprint density at radius 1 is 1.07 bits per heavy atom. The number of benzene rings is 2. The minimum atomic E-state index is -1.26. The minimum Gasteiger partial charge on any atom is -0.444 e. The highest BCUT2D eigenvalue weighted by atomic mass is 35.5. The molecule has 0 N–H and O–H groups in total. The van der Waals surface area contributed by atoms with Gasteiger partial charge in [0.1, 0.15) is 23.1 Å². The number of fused-ring (bicyclic) bond motifs is 1.